The van der Waals surface area contributed by atoms with Gasteiger partial charge in [-0.3, -0.25) is 0 Å². The molecular weight excluding hydrogens is 316 g/mol. The van der Waals surface area contributed by atoms with Gasteiger partial charge in [0.1, 0.15) is 0 Å². The Labute approximate surface area is 156 Å². The highest BCUT2D eigenvalue weighted by Crippen LogP contribution is 2.30. The quantitative estimate of drug-likeness (QED) is 0.353. The molecule has 0 saturated carbocycles. The third-order valence-corrected chi connectivity index (χ3v) is 4.84. The first kappa shape index (κ1) is 19.2. The monoisotopic (exact) mass is 340 g/mol. The number of allylic oxidation sites excluding steroid dienone is 2. The first-order chi connectivity index (χ1) is 12.3. The lowest BCUT2D eigenvalue weighted by Crippen LogP contribution is -1.95. The van der Waals surface area contributed by atoms with E-state index in [0.29, 0.717) is 11.3 Å². The summed E-state index contributed by atoms with van der Waals surface area (Å²) in [6.07, 6.45) is 3.79. The molecule has 0 heterocycles. The molecule has 0 aliphatic rings. The molecule has 0 bridgehead atoms. The molecule has 26 heavy (non-hydrogen) atoms. The topological polar surface area (TPSA) is 28.1 Å². The van der Waals surface area contributed by atoms with Gasteiger partial charge in [-0.05, 0) is 86.6 Å². The number of benzene rings is 2. The molecule has 0 aromatic heterocycles. The Kier molecular flexibility index (Phi) is 5.81. The van der Waals surface area contributed by atoms with Crippen LogP contribution in [0.2, 0.25) is 0 Å². The fourth-order valence-corrected chi connectivity index (χ4v) is 3.12. The van der Waals surface area contributed by atoms with Crippen molar-refractivity contribution in [1.82, 2.24) is 0 Å². The average Bonchev–Trinajstić information content (AvgIpc) is 2.61. The molecule has 0 aliphatic heterocycles. The van der Waals surface area contributed by atoms with E-state index in [9.17, 15) is 5.26 Å². The molecule has 130 valence electrons. The first-order valence-electron chi connectivity index (χ1n) is 8.67. The van der Waals surface area contributed by atoms with Gasteiger partial charge in [-0.15, -0.1) is 0 Å². The fraction of sp³-hybridized carbons (Fsp3) is 0.250. The van der Waals surface area contributed by atoms with Crippen LogP contribution in [0.1, 0.15) is 51.4 Å². The van der Waals surface area contributed by atoms with Crippen molar-refractivity contribution in [2.45, 2.75) is 41.5 Å². The molecule has 2 aromatic rings. The van der Waals surface area contributed by atoms with E-state index in [1.54, 1.807) is 0 Å². The van der Waals surface area contributed by atoms with Crippen LogP contribution in [-0.2, 0) is 0 Å². The van der Waals surface area contributed by atoms with Crippen molar-refractivity contribution in [3.63, 3.8) is 0 Å². The van der Waals surface area contributed by atoms with Crippen molar-refractivity contribution in [1.29, 1.82) is 5.26 Å². The van der Waals surface area contributed by atoms with Gasteiger partial charge in [0.15, 0.2) is 5.70 Å². The van der Waals surface area contributed by atoms with Gasteiger partial charge in [-0.1, -0.05) is 35.9 Å². The molecule has 0 N–H and O–H groups in total. The van der Waals surface area contributed by atoms with Crippen molar-refractivity contribution < 1.29 is 0 Å². The molecule has 0 radical (unpaired) electrons. The number of hydrogen-bond acceptors (Lipinski definition) is 1. The maximum Gasteiger partial charge on any atom is 0.195 e. The van der Waals surface area contributed by atoms with Crippen molar-refractivity contribution in [3.8, 4) is 6.07 Å². The predicted octanol–water partition coefficient (Wildman–Crippen LogP) is 6.57. The van der Waals surface area contributed by atoms with Crippen molar-refractivity contribution in [3.05, 3.63) is 86.3 Å². The highest BCUT2D eigenvalue weighted by atomic mass is 14.7. The average molecular weight is 340 g/mol. The Morgan fingerprint density at radius 3 is 2.04 bits per heavy atom. The number of rotatable bonds is 3. The smallest absolute Gasteiger partial charge is 0.195 e. The summed E-state index contributed by atoms with van der Waals surface area (Å²) in [5.41, 5.74) is 9.88. The summed E-state index contributed by atoms with van der Waals surface area (Å²) in [5, 5.41) is 9.32. The second-order valence-electron chi connectivity index (χ2n) is 6.73. The molecule has 0 saturated heterocycles. The second kappa shape index (κ2) is 7.85. The largest absolute Gasteiger partial charge is 0.238 e. The molecule has 0 aliphatic carbocycles. The van der Waals surface area contributed by atoms with Crippen LogP contribution in [0.3, 0.4) is 0 Å². The summed E-state index contributed by atoms with van der Waals surface area (Å²) in [5.74, 6) is 0. The molecule has 0 fully saturated rings. The molecule has 0 atom stereocenters. The van der Waals surface area contributed by atoms with E-state index in [4.69, 9.17) is 6.57 Å². The molecule has 0 unspecified atom stereocenters. The number of aryl methyl sites for hydroxylation is 5. The minimum absolute atomic E-state index is 0.627. The number of hydrogen-bond donors (Lipinski definition) is 0. The van der Waals surface area contributed by atoms with E-state index in [0.717, 1.165) is 27.8 Å². The van der Waals surface area contributed by atoms with Gasteiger partial charge in [0.2, 0.25) is 0 Å². The van der Waals surface area contributed by atoms with Crippen molar-refractivity contribution >= 4 is 17.3 Å². The van der Waals surface area contributed by atoms with Crippen LogP contribution in [0, 0.1) is 52.5 Å². The van der Waals surface area contributed by atoms with Gasteiger partial charge in [-0.2, -0.15) is 5.26 Å². The summed E-state index contributed by atoms with van der Waals surface area (Å²) in [6, 6.07) is 10.6. The zero-order chi connectivity index (χ0) is 19.4. The van der Waals surface area contributed by atoms with E-state index in [1.165, 1.54) is 16.7 Å². The normalized spacial score (nSPS) is 11.8. The standard InChI is InChI=1S/C24H24N2/c1-8-20(14-25)22-11-19(6)23(12-18(22)5)24(26-7)13-21-10-16(3)15(2)9-17(21)4/h8-13H,1-6H3/b20-8+,24-13-. The van der Waals surface area contributed by atoms with Gasteiger partial charge in [0.25, 0.3) is 0 Å². The van der Waals surface area contributed by atoms with E-state index >= 15 is 0 Å². The van der Waals surface area contributed by atoms with E-state index in [1.807, 2.05) is 45.1 Å². The summed E-state index contributed by atoms with van der Waals surface area (Å²) >= 11 is 0. The molecule has 0 spiro atoms. The van der Waals surface area contributed by atoms with Crippen molar-refractivity contribution in [2.24, 2.45) is 0 Å². The predicted molar refractivity (Wildman–Crippen MR) is 110 cm³/mol. The van der Waals surface area contributed by atoms with Crippen molar-refractivity contribution in [2.75, 3.05) is 0 Å². The van der Waals surface area contributed by atoms with E-state index < -0.39 is 0 Å². The van der Waals surface area contributed by atoms with Gasteiger partial charge in [-0.25, -0.2) is 4.85 Å². The molecular formula is C24H24N2. The Hall–Kier alpha value is -3.10. The van der Waals surface area contributed by atoms with Gasteiger partial charge in [0, 0.05) is 0 Å². The lowest BCUT2D eigenvalue weighted by molar-refractivity contribution is 1.29. The lowest BCUT2D eigenvalue weighted by Gasteiger charge is -2.12. The van der Waals surface area contributed by atoms with E-state index in [-0.39, 0.29) is 0 Å². The minimum atomic E-state index is 0.627. The van der Waals surface area contributed by atoms with Crippen LogP contribution >= 0.6 is 0 Å². The third-order valence-electron chi connectivity index (χ3n) is 4.84. The zero-order valence-electron chi connectivity index (χ0n) is 16.4. The van der Waals surface area contributed by atoms with Gasteiger partial charge < -0.3 is 0 Å². The summed E-state index contributed by atoms with van der Waals surface area (Å²) < 4.78 is 0. The Morgan fingerprint density at radius 2 is 1.46 bits per heavy atom. The van der Waals surface area contributed by atoms with Crippen LogP contribution in [0.4, 0.5) is 0 Å². The molecule has 0 amide bonds. The first-order valence-corrected chi connectivity index (χ1v) is 8.67. The van der Waals surface area contributed by atoms with E-state index in [2.05, 4.69) is 43.8 Å². The number of nitriles is 1. The maximum atomic E-state index is 9.32. The highest BCUT2D eigenvalue weighted by Gasteiger charge is 2.12. The fourth-order valence-electron chi connectivity index (χ4n) is 3.12. The SMILES string of the molecule is [C-]#[N+]/C(=C\c1cc(C)c(C)cc1C)c1cc(C)c(/C(C#N)=C/C)cc1C. The minimum Gasteiger partial charge on any atom is -0.238 e. The van der Waals surface area contributed by atoms with Gasteiger partial charge in [0.05, 0.1) is 18.2 Å². The highest BCUT2D eigenvalue weighted by molar-refractivity contribution is 5.89. The molecule has 2 heteroatoms. The lowest BCUT2D eigenvalue weighted by atomic mass is 9.93. The van der Waals surface area contributed by atoms with Gasteiger partial charge >= 0.3 is 0 Å². The Balaban J connectivity index is 2.63. The van der Waals surface area contributed by atoms with Crippen LogP contribution in [-0.4, -0.2) is 0 Å². The molecule has 2 aromatic carbocycles. The van der Waals surface area contributed by atoms with Crippen LogP contribution in [0.5, 0.6) is 0 Å². The Morgan fingerprint density at radius 1 is 0.885 bits per heavy atom. The second-order valence-corrected chi connectivity index (χ2v) is 6.73. The summed E-state index contributed by atoms with van der Waals surface area (Å²) in [4.78, 5) is 3.80. The summed E-state index contributed by atoms with van der Waals surface area (Å²) in [6.45, 7) is 19.8. The van der Waals surface area contributed by atoms with Crippen LogP contribution < -0.4 is 0 Å². The van der Waals surface area contributed by atoms with Crippen LogP contribution in [0.25, 0.3) is 22.2 Å². The third kappa shape index (κ3) is 3.76. The summed E-state index contributed by atoms with van der Waals surface area (Å²) in [7, 11) is 0. The van der Waals surface area contributed by atoms with Crippen LogP contribution in [0.15, 0.2) is 30.3 Å². The maximum absolute atomic E-state index is 9.32. The molecule has 2 rings (SSSR count). The Bertz CT molecular complexity index is 1010. The zero-order valence-corrected chi connectivity index (χ0v) is 16.4. The molecule has 2 nitrogen and oxygen atoms in total. The number of nitrogens with zero attached hydrogens (tertiary/aromatic N) is 2.